The molecule has 1 aromatic carbocycles. The quantitative estimate of drug-likeness (QED) is 0.911. The molecular formula is C17H19N3O4. The molecule has 7 heteroatoms. The molecule has 24 heavy (non-hydrogen) atoms. The average molecular weight is 329 g/mol. The summed E-state index contributed by atoms with van der Waals surface area (Å²) in [6.45, 7) is 4.12. The van der Waals surface area contributed by atoms with Crippen LogP contribution in [0.1, 0.15) is 24.3 Å². The number of carbonyl (C=O) groups excluding carboxylic acids is 2. The van der Waals surface area contributed by atoms with Gasteiger partial charge in [0, 0.05) is 18.7 Å². The van der Waals surface area contributed by atoms with Crippen molar-refractivity contribution in [3.63, 3.8) is 0 Å². The van der Waals surface area contributed by atoms with Gasteiger partial charge in [-0.05, 0) is 44.5 Å². The van der Waals surface area contributed by atoms with Crippen molar-refractivity contribution in [3.05, 3.63) is 35.7 Å². The Morgan fingerprint density at radius 1 is 1.33 bits per heavy atom. The second-order valence-electron chi connectivity index (χ2n) is 5.68. The molecule has 2 aromatic rings. The Kier molecular flexibility index (Phi) is 4.50. The van der Waals surface area contributed by atoms with E-state index in [1.807, 2.05) is 12.1 Å². The Balaban J connectivity index is 1.55. The van der Waals surface area contributed by atoms with Crippen LogP contribution in [-0.4, -0.2) is 30.1 Å². The molecule has 0 bridgehead atoms. The highest BCUT2D eigenvalue weighted by molar-refractivity contribution is 5.95. The van der Waals surface area contributed by atoms with E-state index in [9.17, 15) is 9.59 Å². The molecule has 3 rings (SSSR count). The molecule has 0 unspecified atom stereocenters. The maximum absolute atomic E-state index is 11.9. The van der Waals surface area contributed by atoms with Crippen molar-refractivity contribution in [3.8, 4) is 5.75 Å². The van der Waals surface area contributed by atoms with Gasteiger partial charge in [-0.2, -0.15) is 0 Å². The fourth-order valence-electron chi connectivity index (χ4n) is 2.63. The van der Waals surface area contributed by atoms with E-state index in [4.69, 9.17) is 9.26 Å². The average Bonchev–Trinajstić information content (AvgIpc) is 3.14. The van der Waals surface area contributed by atoms with E-state index in [0.29, 0.717) is 29.3 Å². The van der Waals surface area contributed by atoms with E-state index < -0.39 is 0 Å². The normalized spacial score (nSPS) is 14.1. The van der Waals surface area contributed by atoms with E-state index in [0.717, 1.165) is 18.7 Å². The number of rotatable bonds is 5. The van der Waals surface area contributed by atoms with Crippen LogP contribution in [-0.2, 0) is 9.59 Å². The molecule has 1 saturated heterocycles. The predicted molar refractivity (Wildman–Crippen MR) is 88.1 cm³/mol. The predicted octanol–water partition coefficient (Wildman–Crippen LogP) is 2.44. The number of anilines is 2. The highest BCUT2D eigenvalue weighted by Gasteiger charge is 2.21. The molecule has 0 aliphatic carbocycles. The lowest BCUT2D eigenvalue weighted by molar-refractivity contribution is -0.118. The van der Waals surface area contributed by atoms with Crippen molar-refractivity contribution < 1.29 is 18.8 Å². The van der Waals surface area contributed by atoms with Crippen molar-refractivity contribution in [1.29, 1.82) is 0 Å². The Hall–Kier alpha value is -2.83. The highest BCUT2D eigenvalue weighted by Crippen LogP contribution is 2.24. The zero-order valence-electron chi connectivity index (χ0n) is 13.7. The van der Waals surface area contributed by atoms with Crippen molar-refractivity contribution in [2.24, 2.45) is 0 Å². The van der Waals surface area contributed by atoms with Crippen LogP contribution in [0.5, 0.6) is 5.75 Å². The molecule has 7 nitrogen and oxygen atoms in total. The summed E-state index contributed by atoms with van der Waals surface area (Å²) < 4.78 is 10.5. The number of carbonyl (C=O) groups is 2. The highest BCUT2D eigenvalue weighted by atomic mass is 16.5. The van der Waals surface area contributed by atoms with Gasteiger partial charge in [-0.3, -0.25) is 9.59 Å². The molecule has 1 aromatic heterocycles. The lowest BCUT2D eigenvalue weighted by Crippen LogP contribution is -2.23. The molecule has 0 saturated carbocycles. The second kappa shape index (κ2) is 6.74. The van der Waals surface area contributed by atoms with Gasteiger partial charge in [-0.1, -0.05) is 5.16 Å². The first-order chi connectivity index (χ1) is 11.5. The van der Waals surface area contributed by atoms with Crippen LogP contribution in [0.2, 0.25) is 0 Å². The van der Waals surface area contributed by atoms with Crippen LogP contribution in [0.3, 0.4) is 0 Å². The Morgan fingerprint density at radius 2 is 2.08 bits per heavy atom. The number of aryl methyl sites for hydroxylation is 2. The summed E-state index contributed by atoms with van der Waals surface area (Å²) in [5.74, 6) is 0.977. The third kappa shape index (κ3) is 3.40. The Morgan fingerprint density at radius 3 is 2.67 bits per heavy atom. The zero-order valence-corrected chi connectivity index (χ0v) is 13.7. The van der Waals surface area contributed by atoms with Gasteiger partial charge in [-0.25, -0.2) is 0 Å². The van der Waals surface area contributed by atoms with E-state index in [1.54, 1.807) is 30.9 Å². The third-order valence-corrected chi connectivity index (χ3v) is 3.89. The van der Waals surface area contributed by atoms with E-state index >= 15 is 0 Å². The minimum atomic E-state index is -0.289. The number of benzene rings is 1. The van der Waals surface area contributed by atoms with Gasteiger partial charge in [0.25, 0.3) is 5.91 Å². The van der Waals surface area contributed by atoms with Crippen molar-refractivity contribution in [2.75, 3.05) is 23.4 Å². The first-order valence-electron chi connectivity index (χ1n) is 7.80. The molecular weight excluding hydrogens is 310 g/mol. The van der Waals surface area contributed by atoms with Crippen molar-refractivity contribution >= 4 is 23.2 Å². The number of nitrogens with one attached hydrogen (secondary N) is 1. The summed E-state index contributed by atoms with van der Waals surface area (Å²) in [7, 11) is 0. The molecule has 1 aliphatic rings. The molecule has 1 N–H and O–H groups in total. The molecule has 1 aliphatic heterocycles. The van der Waals surface area contributed by atoms with Gasteiger partial charge in [0.15, 0.2) is 12.4 Å². The minimum Gasteiger partial charge on any atom is -0.484 e. The number of amides is 2. The van der Waals surface area contributed by atoms with Gasteiger partial charge < -0.3 is 19.5 Å². The summed E-state index contributed by atoms with van der Waals surface area (Å²) in [5, 5.41) is 6.50. The smallest absolute Gasteiger partial charge is 0.262 e. The summed E-state index contributed by atoms with van der Waals surface area (Å²) in [6.07, 6.45) is 1.49. The number of aromatic nitrogens is 1. The topological polar surface area (TPSA) is 84.7 Å². The SMILES string of the molecule is Cc1noc(C)c1NC(=O)COc1ccc(N2CCCC2=O)cc1. The third-order valence-electron chi connectivity index (χ3n) is 3.89. The summed E-state index contributed by atoms with van der Waals surface area (Å²) in [4.78, 5) is 25.4. The van der Waals surface area contributed by atoms with Crippen LogP contribution in [0, 0.1) is 13.8 Å². The number of nitrogens with zero attached hydrogens (tertiary/aromatic N) is 2. The Labute approximate surface area is 139 Å². The zero-order chi connectivity index (χ0) is 17.1. The lowest BCUT2D eigenvalue weighted by Gasteiger charge is -2.16. The molecule has 0 atom stereocenters. The van der Waals surface area contributed by atoms with Gasteiger partial charge in [-0.15, -0.1) is 0 Å². The molecule has 0 radical (unpaired) electrons. The summed E-state index contributed by atoms with van der Waals surface area (Å²) in [5.41, 5.74) is 2.05. The summed E-state index contributed by atoms with van der Waals surface area (Å²) in [6, 6.07) is 7.16. The van der Waals surface area contributed by atoms with Gasteiger partial charge in [0.1, 0.15) is 17.1 Å². The monoisotopic (exact) mass is 329 g/mol. The second-order valence-corrected chi connectivity index (χ2v) is 5.68. The first-order valence-corrected chi connectivity index (χ1v) is 7.80. The van der Waals surface area contributed by atoms with E-state index in [-0.39, 0.29) is 18.4 Å². The Bertz CT molecular complexity index is 732. The fourth-order valence-corrected chi connectivity index (χ4v) is 2.63. The van der Waals surface area contributed by atoms with Crippen LogP contribution in [0.4, 0.5) is 11.4 Å². The molecule has 1 fully saturated rings. The fraction of sp³-hybridized carbons (Fsp3) is 0.353. The summed E-state index contributed by atoms with van der Waals surface area (Å²) >= 11 is 0. The van der Waals surface area contributed by atoms with Gasteiger partial charge in [0.05, 0.1) is 0 Å². The van der Waals surface area contributed by atoms with Crippen molar-refractivity contribution in [1.82, 2.24) is 5.16 Å². The lowest BCUT2D eigenvalue weighted by atomic mass is 10.3. The van der Waals surface area contributed by atoms with Crippen molar-refractivity contribution in [2.45, 2.75) is 26.7 Å². The number of hydrogen-bond acceptors (Lipinski definition) is 5. The largest absolute Gasteiger partial charge is 0.484 e. The van der Waals surface area contributed by atoms with Gasteiger partial charge in [0.2, 0.25) is 5.91 Å². The van der Waals surface area contributed by atoms with Crippen LogP contribution >= 0.6 is 0 Å². The van der Waals surface area contributed by atoms with E-state index in [2.05, 4.69) is 10.5 Å². The minimum absolute atomic E-state index is 0.119. The van der Waals surface area contributed by atoms with Gasteiger partial charge >= 0.3 is 0 Å². The standard InChI is InChI=1S/C17H19N3O4/c1-11-17(12(2)24-19-11)18-15(21)10-23-14-7-5-13(6-8-14)20-9-3-4-16(20)22/h5-8H,3-4,9-10H2,1-2H3,(H,18,21). The first kappa shape index (κ1) is 16.0. The van der Waals surface area contributed by atoms with Crippen LogP contribution < -0.4 is 15.0 Å². The maximum Gasteiger partial charge on any atom is 0.262 e. The maximum atomic E-state index is 11.9. The molecule has 0 spiro atoms. The van der Waals surface area contributed by atoms with Crippen LogP contribution in [0.25, 0.3) is 0 Å². The van der Waals surface area contributed by atoms with E-state index in [1.165, 1.54) is 0 Å². The van der Waals surface area contributed by atoms with Crippen LogP contribution in [0.15, 0.2) is 28.8 Å². The number of hydrogen-bond donors (Lipinski definition) is 1. The molecule has 2 amide bonds. The number of ether oxygens (including phenoxy) is 1. The molecule has 126 valence electrons. The molecule has 2 heterocycles.